The highest BCUT2D eigenvalue weighted by Gasteiger charge is 2.21. The molecule has 0 aliphatic rings. The van der Waals surface area contributed by atoms with Crippen LogP contribution in [0.3, 0.4) is 0 Å². The lowest BCUT2D eigenvalue weighted by atomic mass is 9.95. The summed E-state index contributed by atoms with van der Waals surface area (Å²) in [6.45, 7) is 8.39. The van der Waals surface area contributed by atoms with Crippen LogP contribution in [0.5, 0.6) is 0 Å². The van der Waals surface area contributed by atoms with Crippen LogP contribution in [0.15, 0.2) is 53.4 Å². The van der Waals surface area contributed by atoms with Crippen molar-refractivity contribution < 1.29 is 23.1 Å². The third-order valence-electron chi connectivity index (χ3n) is 5.67. The molecular weight excluding hydrogens is 488 g/mol. The molecule has 0 radical (unpaired) electrons. The highest BCUT2D eigenvalue weighted by atomic mass is 35.5. The molecule has 0 saturated carbocycles. The molecule has 0 aliphatic carbocycles. The Kier molecular flexibility index (Phi) is 7.57. The van der Waals surface area contributed by atoms with Crippen molar-refractivity contribution in [3.63, 3.8) is 0 Å². The van der Waals surface area contributed by atoms with Crippen LogP contribution in [0.25, 0.3) is 11.1 Å². The molecule has 3 aromatic carbocycles. The van der Waals surface area contributed by atoms with Crippen LogP contribution in [0, 0.1) is 27.7 Å². The van der Waals surface area contributed by atoms with Crippen molar-refractivity contribution in [1.82, 2.24) is 5.32 Å². The van der Waals surface area contributed by atoms with Crippen LogP contribution >= 0.6 is 11.6 Å². The summed E-state index contributed by atoms with van der Waals surface area (Å²) < 4.78 is 28.7. The lowest BCUT2D eigenvalue weighted by molar-refractivity contribution is -0.138. The number of amides is 1. The molecule has 9 heteroatoms. The molecule has 0 saturated heterocycles. The zero-order chi connectivity index (χ0) is 26.1. The van der Waals surface area contributed by atoms with Crippen molar-refractivity contribution >= 4 is 39.2 Å². The van der Waals surface area contributed by atoms with E-state index < -0.39 is 27.9 Å². The molecular formula is C26H27ClN2O5S. The molecule has 0 heterocycles. The van der Waals surface area contributed by atoms with Gasteiger partial charge >= 0.3 is 5.97 Å². The average Bonchev–Trinajstić information content (AvgIpc) is 2.75. The minimum absolute atomic E-state index is 0.155. The number of carbonyl (C=O) groups excluding carboxylic acids is 1. The predicted octanol–water partition coefficient (Wildman–Crippen LogP) is 5.24. The van der Waals surface area contributed by atoms with Gasteiger partial charge in [0.05, 0.1) is 4.90 Å². The van der Waals surface area contributed by atoms with Crippen molar-refractivity contribution in [2.75, 3.05) is 4.72 Å². The van der Waals surface area contributed by atoms with Gasteiger partial charge in [-0.1, -0.05) is 35.9 Å². The van der Waals surface area contributed by atoms with Gasteiger partial charge in [-0.15, -0.1) is 0 Å². The van der Waals surface area contributed by atoms with E-state index in [1.807, 2.05) is 18.2 Å². The quantitative estimate of drug-likeness (QED) is 0.399. The van der Waals surface area contributed by atoms with Gasteiger partial charge in [-0.2, -0.15) is 0 Å². The number of benzene rings is 3. The lowest BCUT2D eigenvalue weighted by Gasteiger charge is -2.16. The van der Waals surface area contributed by atoms with Crippen molar-refractivity contribution in [2.24, 2.45) is 0 Å². The Morgan fingerprint density at radius 2 is 1.51 bits per heavy atom. The van der Waals surface area contributed by atoms with Gasteiger partial charge in [0.2, 0.25) is 0 Å². The number of halogens is 1. The standard InChI is InChI=1S/C26H27ClN2O5S/c1-14-12-23(15(2)11-22(14)27)35(33,34)29-21-8-6-7-19(13-21)20-9-16(3)24(17(4)10-20)25(30)28-18(5)26(31)32/h6-13,18,29H,1-5H3,(H,28,30)(H,31,32)/t18-/m0/s1. The highest BCUT2D eigenvalue weighted by molar-refractivity contribution is 7.92. The number of nitrogens with one attached hydrogen (secondary N) is 2. The molecule has 0 aromatic heterocycles. The summed E-state index contributed by atoms with van der Waals surface area (Å²) in [4.78, 5) is 23.8. The second-order valence-corrected chi connectivity index (χ2v) is 10.6. The number of carboxylic acid groups (broad SMARTS) is 1. The molecule has 0 spiro atoms. The Morgan fingerprint density at radius 1 is 0.886 bits per heavy atom. The normalized spacial score (nSPS) is 12.2. The number of rotatable bonds is 7. The summed E-state index contributed by atoms with van der Waals surface area (Å²) >= 11 is 6.11. The van der Waals surface area contributed by atoms with Gasteiger partial charge in [0.15, 0.2) is 0 Å². The first kappa shape index (κ1) is 26.2. The second kappa shape index (κ2) is 10.1. The van der Waals surface area contributed by atoms with E-state index in [2.05, 4.69) is 10.0 Å². The number of carboxylic acids is 1. The van der Waals surface area contributed by atoms with E-state index in [9.17, 15) is 18.0 Å². The van der Waals surface area contributed by atoms with Crippen LogP contribution in [-0.2, 0) is 14.8 Å². The molecule has 0 bridgehead atoms. The van der Waals surface area contributed by atoms with Crippen LogP contribution in [0.2, 0.25) is 5.02 Å². The minimum Gasteiger partial charge on any atom is -0.480 e. The van der Waals surface area contributed by atoms with E-state index in [1.54, 1.807) is 58.0 Å². The number of sulfonamides is 1. The molecule has 0 unspecified atom stereocenters. The smallest absolute Gasteiger partial charge is 0.325 e. The fourth-order valence-corrected chi connectivity index (χ4v) is 5.42. The second-order valence-electron chi connectivity index (χ2n) is 8.57. The molecule has 0 fully saturated rings. The van der Waals surface area contributed by atoms with Crippen LogP contribution in [0.4, 0.5) is 5.69 Å². The first-order valence-corrected chi connectivity index (χ1v) is 12.7. The topological polar surface area (TPSA) is 113 Å². The summed E-state index contributed by atoms with van der Waals surface area (Å²) in [5, 5.41) is 12.0. The fraction of sp³-hybridized carbons (Fsp3) is 0.231. The van der Waals surface area contributed by atoms with E-state index in [-0.39, 0.29) is 4.90 Å². The molecule has 3 rings (SSSR count). The van der Waals surface area contributed by atoms with Crippen LogP contribution in [-0.4, -0.2) is 31.4 Å². The summed E-state index contributed by atoms with van der Waals surface area (Å²) in [6.07, 6.45) is 0. The van der Waals surface area contributed by atoms with E-state index in [0.29, 0.717) is 38.5 Å². The monoisotopic (exact) mass is 514 g/mol. The lowest BCUT2D eigenvalue weighted by Crippen LogP contribution is -2.38. The van der Waals surface area contributed by atoms with E-state index >= 15 is 0 Å². The summed E-state index contributed by atoms with van der Waals surface area (Å²) in [5.74, 6) is -1.58. The van der Waals surface area contributed by atoms with E-state index in [4.69, 9.17) is 16.7 Å². The maximum Gasteiger partial charge on any atom is 0.325 e. The van der Waals surface area contributed by atoms with Gasteiger partial charge in [0.25, 0.3) is 15.9 Å². The van der Waals surface area contributed by atoms with Crippen LogP contribution < -0.4 is 10.0 Å². The van der Waals surface area contributed by atoms with Gasteiger partial charge in [-0.25, -0.2) is 8.42 Å². The number of carbonyl (C=O) groups is 2. The predicted molar refractivity (Wildman–Crippen MR) is 138 cm³/mol. The van der Waals surface area contributed by atoms with Gasteiger partial charge < -0.3 is 10.4 Å². The third-order valence-corrected chi connectivity index (χ3v) is 7.60. The van der Waals surface area contributed by atoms with E-state index in [1.165, 1.54) is 6.92 Å². The highest BCUT2D eigenvalue weighted by Crippen LogP contribution is 2.30. The molecule has 3 aromatic rings. The fourth-order valence-electron chi connectivity index (χ4n) is 3.84. The molecule has 7 nitrogen and oxygen atoms in total. The number of aliphatic carboxylic acids is 1. The van der Waals surface area contributed by atoms with Crippen molar-refractivity contribution in [2.45, 2.75) is 45.6 Å². The molecule has 0 aliphatic heterocycles. The van der Waals surface area contributed by atoms with Gasteiger partial charge in [-0.3, -0.25) is 14.3 Å². The SMILES string of the molecule is Cc1cc(S(=O)(=O)Nc2cccc(-c3cc(C)c(C(=O)N[C@@H](C)C(=O)O)c(C)c3)c2)c(C)cc1Cl. The Labute approximate surface area is 210 Å². The number of anilines is 1. The Bertz CT molecular complexity index is 1410. The van der Waals surface area contributed by atoms with Crippen molar-refractivity contribution in [3.05, 3.63) is 81.4 Å². The van der Waals surface area contributed by atoms with E-state index in [0.717, 1.165) is 11.1 Å². The van der Waals surface area contributed by atoms with Crippen LogP contribution in [0.1, 0.15) is 39.5 Å². The van der Waals surface area contributed by atoms with Gasteiger partial charge in [0, 0.05) is 16.3 Å². The molecule has 1 amide bonds. The number of hydrogen-bond donors (Lipinski definition) is 3. The summed E-state index contributed by atoms with van der Waals surface area (Å²) in [6, 6.07) is 12.8. The number of hydrogen-bond acceptors (Lipinski definition) is 4. The Morgan fingerprint density at radius 3 is 2.11 bits per heavy atom. The zero-order valence-electron chi connectivity index (χ0n) is 20.1. The number of aryl methyl sites for hydroxylation is 4. The molecule has 3 N–H and O–H groups in total. The third kappa shape index (κ3) is 5.83. The summed E-state index contributed by atoms with van der Waals surface area (Å²) in [7, 11) is -3.84. The van der Waals surface area contributed by atoms with Gasteiger partial charge in [-0.05, 0) is 92.3 Å². The Hall–Kier alpha value is -3.36. The minimum atomic E-state index is -3.84. The largest absolute Gasteiger partial charge is 0.480 e. The first-order valence-electron chi connectivity index (χ1n) is 10.8. The molecule has 1 atom stereocenters. The summed E-state index contributed by atoms with van der Waals surface area (Å²) in [5.41, 5.74) is 4.91. The molecule has 184 valence electrons. The zero-order valence-corrected chi connectivity index (χ0v) is 21.6. The van der Waals surface area contributed by atoms with Crippen molar-refractivity contribution in [3.8, 4) is 11.1 Å². The van der Waals surface area contributed by atoms with Crippen molar-refractivity contribution in [1.29, 1.82) is 0 Å². The average molecular weight is 515 g/mol. The van der Waals surface area contributed by atoms with Gasteiger partial charge in [0.1, 0.15) is 6.04 Å². The molecule has 35 heavy (non-hydrogen) atoms. The maximum atomic E-state index is 13.1. The maximum absolute atomic E-state index is 13.1. The first-order chi connectivity index (χ1) is 16.3. The Balaban J connectivity index is 1.92.